The number of carbonyl (C=O) groups is 1. The molecule has 3 heteroatoms. The lowest BCUT2D eigenvalue weighted by Gasteiger charge is -2.21. The summed E-state index contributed by atoms with van der Waals surface area (Å²) in [6, 6.07) is 14.4. The molecule has 2 unspecified atom stereocenters. The minimum Gasteiger partial charge on any atom is -0.303 e. The highest BCUT2D eigenvalue weighted by atomic mass is 35.5. The first-order chi connectivity index (χ1) is 9.29. The summed E-state index contributed by atoms with van der Waals surface area (Å²) in [4.78, 5) is 15.2. The predicted octanol–water partition coefficient (Wildman–Crippen LogP) is 3.90. The molecule has 0 aromatic heterocycles. The van der Waals surface area contributed by atoms with Crippen LogP contribution in [0.1, 0.15) is 11.5 Å². The van der Waals surface area contributed by atoms with Crippen LogP contribution in [-0.4, -0.2) is 11.5 Å². The molecular weight excluding hydrogens is 258 g/mol. The molecule has 0 bridgehead atoms. The lowest BCUT2D eigenvalue weighted by atomic mass is 9.85. The fourth-order valence-corrected chi connectivity index (χ4v) is 2.68. The summed E-state index contributed by atoms with van der Waals surface area (Å²) in [6.45, 7) is 0. The van der Waals surface area contributed by atoms with Crippen LogP contribution in [0.15, 0.2) is 59.7 Å². The van der Waals surface area contributed by atoms with Crippen molar-refractivity contribution in [2.24, 2.45) is 10.9 Å². The van der Waals surface area contributed by atoms with Gasteiger partial charge in [0.15, 0.2) is 0 Å². The molecule has 2 nitrogen and oxygen atoms in total. The van der Waals surface area contributed by atoms with E-state index in [2.05, 4.69) is 29.3 Å². The van der Waals surface area contributed by atoms with Gasteiger partial charge in [-0.25, -0.2) is 4.99 Å². The Balaban J connectivity index is 2.06. The first kappa shape index (κ1) is 12.1. The van der Waals surface area contributed by atoms with Crippen molar-refractivity contribution in [3.63, 3.8) is 0 Å². The monoisotopic (exact) mass is 269 g/mol. The number of aliphatic imine (C=N–C) groups is 1. The summed E-state index contributed by atoms with van der Waals surface area (Å²) in [6.07, 6.45) is 4.46. The van der Waals surface area contributed by atoms with E-state index in [1.54, 1.807) is 6.20 Å². The molecule has 0 spiro atoms. The van der Waals surface area contributed by atoms with Crippen LogP contribution < -0.4 is 0 Å². The zero-order valence-corrected chi connectivity index (χ0v) is 10.9. The fourth-order valence-electron chi connectivity index (χ4n) is 2.44. The van der Waals surface area contributed by atoms with Gasteiger partial charge in [-0.2, -0.15) is 0 Å². The summed E-state index contributed by atoms with van der Waals surface area (Å²) in [5.74, 6) is -0.417. The Morgan fingerprint density at radius 3 is 2.68 bits per heavy atom. The largest absolute Gasteiger partial charge is 0.303 e. The Morgan fingerprint density at radius 1 is 1.11 bits per heavy atom. The van der Waals surface area contributed by atoms with Gasteiger partial charge in [-0.3, -0.25) is 0 Å². The van der Waals surface area contributed by atoms with E-state index in [-0.39, 0.29) is 11.8 Å². The number of fused-ring (bicyclic) bond motifs is 1. The number of halogens is 1. The van der Waals surface area contributed by atoms with E-state index in [1.165, 1.54) is 5.39 Å². The number of rotatable bonds is 2. The third-order valence-corrected chi connectivity index (χ3v) is 3.81. The van der Waals surface area contributed by atoms with Gasteiger partial charge in [0, 0.05) is 12.1 Å². The minimum atomic E-state index is -0.382. The second-order valence-electron chi connectivity index (χ2n) is 4.59. The Bertz CT molecular complexity index is 690. The van der Waals surface area contributed by atoms with Gasteiger partial charge >= 0.3 is 0 Å². The van der Waals surface area contributed by atoms with E-state index in [4.69, 9.17) is 11.6 Å². The standard InChI is InChI=1S/C16H12ClNO/c17-16-15(10-19)14(7-8-18-16)13-6-5-11-3-1-2-4-12(11)9-13/h1-10,14-15H. The number of allylic oxidation sites excluding steroid dienone is 1. The van der Waals surface area contributed by atoms with Gasteiger partial charge in [0.1, 0.15) is 11.5 Å². The van der Waals surface area contributed by atoms with Crippen molar-refractivity contribution in [2.45, 2.75) is 5.92 Å². The molecule has 2 atom stereocenters. The number of aldehydes is 1. The molecule has 0 aliphatic carbocycles. The normalized spacial score (nSPS) is 22.3. The Kier molecular flexibility index (Phi) is 3.18. The van der Waals surface area contributed by atoms with Crippen LogP contribution in [0.3, 0.4) is 0 Å². The lowest BCUT2D eigenvalue weighted by molar-refractivity contribution is -0.109. The van der Waals surface area contributed by atoms with Crippen molar-refractivity contribution in [1.29, 1.82) is 0 Å². The summed E-state index contributed by atoms with van der Waals surface area (Å²) in [7, 11) is 0. The average Bonchev–Trinajstić information content (AvgIpc) is 2.46. The molecule has 0 saturated heterocycles. The van der Waals surface area contributed by atoms with Gasteiger partial charge in [0.05, 0.1) is 5.92 Å². The van der Waals surface area contributed by atoms with Gasteiger partial charge < -0.3 is 4.79 Å². The second-order valence-corrected chi connectivity index (χ2v) is 4.97. The van der Waals surface area contributed by atoms with Crippen molar-refractivity contribution in [2.75, 3.05) is 0 Å². The predicted molar refractivity (Wildman–Crippen MR) is 78.7 cm³/mol. The molecule has 0 fully saturated rings. The highest BCUT2D eigenvalue weighted by molar-refractivity contribution is 6.67. The van der Waals surface area contributed by atoms with E-state index in [9.17, 15) is 4.79 Å². The molecule has 1 aliphatic rings. The average molecular weight is 270 g/mol. The van der Waals surface area contributed by atoms with E-state index in [0.29, 0.717) is 5.17 Å². The number of nitrogens with zero attached hydrogens (tertiary/aromatic N) is 1. The molecule has 0 radical (unpaired) electrons. The SMILES string of the molecule is O=CC1C(Cl)=NC=CC1c1ccc2ccccc2c1. The molecule has 1 heterocycles. The minimum absolute atomic E-state index is 0.0351. The zero-order chi connectivity index (χ0) is 13.2. The van der Waals surface area contributed by atoms with Crippen molar-refractivity contribution in [1.82, 2.24) is 0 Å². The smallest absolute Gasteiger partial charge is 0.130 e. The molecule has 0 amide bonds. The second kappa shape index (κ2) is 4.98. The van der Waals surface area contributed by atoms with Crippen LogP contribution in [0.4, 0.5) is 0 Å². The van der Waals surface area contributed by atoms with Crippen LogP contribution in [0.2, 0.25) is 0 Å². The third-order valence-electron chi connectivity index (χ3n) is 3.46. The third kappa shape index (κ3) is 2.20. The summed E-state index contributed by atoms with van der Waals surface area (Å²) >= 11 is 6.01. The fraction of sp³-hybridized carbons (Fsp3) is 0.125. The van der Waals surface area contributed by atoms with Crippen LogP contribution in [0.25, 0.3) is 10.8 Å². The van der Waals surface area contributed by atoms with E-state index < -0.39 is 0 Å². The summed E-state index contributed by atoms with van der Waals surface area (Å²) in [5.41, 5.74) is 1.08. The topological polar surface area (TPSA) is 29.4 Å². The van der Waals surface area contributed by atoms with E-state index in [0.717, 1.165) is 17.2 Å². The van der Waals surface area contributed by atoms with Gasteiger partial charge in [-0.15, -0.1) is 0 Å². The zero-order valence-electron chi connectivity index (χ0n) is 10.2. The van der Waals surface area contributed by atoms with E-state index >= 15 is 0 Å². The number of hydrogen-bond acceptors (Lipinski definition) is 2. The Labute approximate surface area is 116 Å². The number of hydrogen-bond donors (Lipinski definition) is 0. The Hall–Kier alpha value is -1.93. The quantitative estimate of drug-likeness (QED) is 0.760. The number of carbonyl (C=O) groups excluding carboxylic acids is 1. The van der Waals surface area contributed by atoms with Gasteiger partial charge in [-0.05, 0) is 16.3 Å². The summed E-state index contributed by atoms with van der Waals surface area (Å²) in [5, 5.41) is 2.71. The van der Waals surface area contributed by atoms with Crippen molar-refractivity contribution in [3.05, 3.63) is 60.3 Å². The van der Waals surface area contributed by atoms with Gasteiger partial charge in [-0.1, -0.05) is 60.1 Å². The highest BCUT2D eigenvalue weighted by Gasteiger charge is 2.26. The van der Waals surface area contributed by atoms with E-state index in [1.807, 2.05) is 24.3 Å². The van der Waals surface area contributed by atoms with Gasteiger partial charge in [0.2, 0.25) is 0 Å². The molecule has 0 N–H and O–H groups in total. The Morgan fingerprint density at radius 2 is 1.89 bits per heavy atom. The molecule has 0 saturated carbocycles. The molecule has 1 aliphatic heterocycles. The van der Waals surface area contributed by atoms with Crippen LogP contribution in [-0.2, 0) is 4.79 Å². The maximum Gasteiger partial charge on any atom is 0.130 e. The molecule has 94 valence electrons. The maximum atomic E-state index is 11.2. The summed E-state index contributed by atoms with van der Waals surface area (Å²) < 4.78 is 0. The van der Waals surface area contributed by atoms with Crippen LogP contribution >= 0.6 is 11.6 Å². The highest BCUT2D eigenvalue weighted by Crippen LogP contribution is 2.32. The van der Waals surface area contributed by atoms with Gasteiger partial charge in [0.25, 0.3) is 0 Å². The molecule has 2 aromatic carbocycles. The lowest BCUT2D eigenvalue weighted by Crippen LogP contribution is -2.21. The van der Waals surface area contributed by atoms with Crippen LogP contribution in [0, 0.1) is 5.92 Å². The van der Waals surface area contributed by atoms with Crippen LogP contribution in [0.5, 0.6) is 0 Å². The first-order valence-corrected chi connectivity index (χ1v) is 6.51. The molecule has 3 rings (SSSR count). The van der Waals surface area contributed by atoms with Crippen molar-refractivity contribution < 1.29 is 4.79 Å². The maximum absolute atomic E-state index is 11.2. The number of benzene rings is 2. The van der Waals surface area contributed by atoms with Crippen molar-refractivity contribution in [3.8, 4) is 0 Å². The molecule has 2 aromatic rings. The first-order valence-electron chi connectivity index (χ1n) is 6.13. The molecule has 19 heavy (non-hydrogen) atoms. The molecular formula is C16H12ClNO. The van der Waals surface area contributed by atoms with Crippen molar-refractivity contribution >= 4 is 33.8 Å².